The molecule has 1 aliphatic rings. The van der Waals surface area contributed by atoms with Crippen molar-refractivity contribution in [3.63, 3.8) is 0 Å². The van der Waals surface area contributed by atoms with Crippen molar-refractivity contribution in [2.24, 2.45) is 0 Å². The first-order valence-corrected chi connectivity index (χ1v) is 7.93. The maximum Gasteiger partial charge on any atom is 0.270 e. The molecule has 25 heavy (non-hydrogen) atoms. The zero-order valence-corrected chi connectivity index (χ0v) is 13.8. The summed E-state index contributed by atoms with van der Waals surface area (Å²) in [5.74, 6) is 0.0956. The van der Waals surface area contributed by atoms with Crippen LogP contribution < -0.4 is 14.6 Å². The molecule has 8 nitrogen and oxygen atoms in total. The summed E-state index contributed by atoms with van der Waals surface area (Å²) in [7, 11) is 1.45. The van der Waals surface area contributed by atoms with Crippen molar-refractivity contribution in [3.8, 4) is 5.75 Å². The van der Waals surface area contributed by atoms with E-state index in [1.54, 1.807) is 4.90 Å². The maximum absolute atomic E-state index is 12.8. The molecule has 8 heteroatoms. The van der Waals surface area contributed by atoms with Crippen molar-refractivity contribution in [2.45, 2.75) is 0 Å². The Morgan fingerprint density at radius 3 is 2.44 bits per heavy atom. The number of piperazine rings is 1. The molecule has 1 aromatic carbocycles. The Hall–Kier alpha value is -3.16. The van der Waals surface area contributed by atoms with Crippen LogP contribution in [-0.2, 0) is 0 Å². The Morgan fingerprint density at radius 2 is 1.84 bits per heavy atom. The van der Waals surface area contributed by atoms with E-state index in [9.17, 15) is 14.9 Å². The molecule has 0 radical (unpaired) electrons. The molecule has 1 saturated heterocycles. The number of aromatic amines is 1. The minimum atomic E-state index is -0.513. The molecule has 2 aromatic rings. The van der Waals surface area contributed by atoms with Crippen LogP contribution in [0.25, 0.3) is 0 Å². The lowest BCUT2D eigenvalue weighted by atomic mass is 10.1. The maximum atomic E-state index is 12.8. The number of nitrogens with zero attached hydrogens (tertiary/aromatic N) is 3. The van der Waals surface area contributed by atoms with Gasteiger partial charge in [-0.1, -0.05) is 0 Å². The highest BCUT2D eigenvalue weighted by Crippen LogP contribution is 2.26. The van der Waals surface area contributed by atoms with E-state index in [4.69, 9.17) is 4.74 Å². The second-order valence-corrected chi connectivity index (χ2v) is 5.68. The first kappa shape index (κ1) is 16.7. The Bertz CT molecular complexity index is 773. The van der Waals surface area contributed by atoms with Gasteiger partial charge in [0.1, 0.15) is 5.75 Å². The molecule has 0 aliphatic carbocycles. The minimum absolute atomic E-state index is 0.122. The number of methoxy groups -OCH3 is 1. The Morgan fingerprint density at radius 1 is 1.16 bits per heavy atom. The van der Waals surface area contributed by atoms with E-state index in [2.05, 4.69) is 9.88 Å². The van der Waals surface area contributed by atoms with Crippen LogP contribution in [0.2, 0.25) is 0 Å². The minimum Gasteiger partial charge on any atom is -0.496 e. The van der Waals surface area contributed by atoms with Gasteiger partial charge in [0, 0.05) is 56.1 Å². The van der Waals surface area contributed by atoms with Crippen molar-refractivity contribution < 1.29 is 19.4 Å². The van der Waals surface area contributed by atoms with Gasteiger partial charge in [0.25, 0.3) is 11.6 Å². The number of aromatic nitrogens is 1. The molecule has 1 aromatic heterocycles. The number of anilines is 1. The Labute approximate surface area is 144 Å². The Kier molecular flexibility index (Phi) is 4.78. The van der Waals surface area contributed by atoms with Gasteiger partial charge in [-0.3, -0.25) is 14.9 Å². The Balaban J connectivity index is 1.74. The number of amides is 1. The third-order valence-corrected chi connectivity index (χ3v) is 4.26. The number of ether oxygens (including phenoxy) is 1. The average molecular weight is 343 g/mol. The van der Waals surface area contributed by atoms with E-state index in [0.717, 1.165) is 5.69 Å². The van der Waals surface area contributed by atoms with Gasteiger partial charge in [-0.25, -0.2) is 4.98 Å². The fourth-order valence-electron chi connectivity index (χ4n) is 2.90. The van der Waals surface area contributed by atoms with Gasteiger partial charge in [0.2, 0.25) is 0 Å². The number of H-pyrrole nitrogens is 1. The number of non-ortho nitro benzene ring substituents is 1. The lowest BCUT2D eigenvalue weighted by molar-refractivity contribution is -0.384. The zero-order valence-electron chi connectivity index (χ0n) is 13.8. The van der Waals surface area contributed by atoms with E-state index in [0.29, 0.717) is 31.9 Å². The molecule has 2 heterocycles. The number of rotatable bonds is 4. The van der Waals surface area contributed by atoms with Crippen molar-refractivity contribution in [2.75, 3.05) is 38.2 Å². The highest BCUT2D eigenvalue weighted by atomic mass is 16.6. The number of nitrogens with one attached hydrogen (secondary N) is 1. The van der Waals surface area contributed by atoms with Crippen LogP contribution in [0.1, 0.15) is 10.4 Å². The van der Waals surface area contributed by atoms with Crippen LogP contribution in [0, 0.1) is 10.1 Å². The molecule has 0 bridgehead atoms. The monoisotopic (exact) mass is 343 g/mol. The van der Waals surface area contributed by atoms with Crippen LogP contribution in [0.15, 0.2) is 42.7 Å². The van der Waals surface area contributed by atoms with Gasteiger partial charge in [0.05, 0.1) is 17.6 Å². The van der Waals surface area contributed by atoms with Crippen molar-refractivity contribution in [1.29, 1.82) is 0 Å². The number of carbonyl (C=O) groups is 1. The van der Waals surface area contributed by atoms with E-state index in [1.165, 1.54) is 25.3 Å². The van der Waals surface area contributed by atoms with E-state index in [-0.39, 0.29) is 17.2 Å². The quantitative estimate of drug-likeness (QED) is 0.618. The van der Waals surface area contributed by atoms with E-state index in [1.807, 2.05) is 24.5 Å². The normalized spacial score (nSPS) is 14.3. The number of hydrogen-bond acceptors (Lipinski definition) is 5. The molecule has 130 valence electrons. The lowest BCUT2D eigenvalue weighted by Crippen LogP contribution is -2.48. The summed E-state index contributed by atoms with van der Waals surface area (Å²) < 4.78 is 5.20. The summed E-state index contributed by atoms with van der Waals surface area (Å²) in [5.41, 5.74) is 1.20. The fraction of sp³-hybridized carbons (Fsp3) is 0.294. The summed E-state index contributed by atoms with van der Waals surface area (Å²) >= 11 is 0. The second kappa shape index (κ2) is 7.16. The summed E-state index contributed by atoms with van der Waals surface area (Å²) in [6.45, 7) is 2.49. The summed E-state index contributed by atoms with van der Waals surface area (Å²) in [4.78, 5) is 30.2. The van der Waals surface area contributed by atoms with Crippen molar-refractivity contribution >= 4 is 17.3 Å². The molecule has 1 N–H and O–H groups in total. The number of benzene rings is 1. The van der Waals surface area contributed by atoms with E-state index >= 15 is 0 Å². The first-order chi connectivity index (χ1) is 12.1. The van der Waals surface area contributed by atoms with Gasteiger partial charge in [0.15, 0.2) is 12.4 Å². The van der Waals surface area contributed by atoms with Gasteiger partial charge in [-0.2, -0.15) is 0 Å². The average Bonchev–Trinajstić information content (AvgIpc) is 2.67. The smallest absolute Gasteiger partial charge is 0.270 e. The molecule has 0 atom stereocenters. The number of nitro benzene ring substituents is 1. The highest BCUT2D eigenvalue weighted by Gasteiger charge is 2.26. The van der Waals surface area contributed by atoms with Gasteiger partial charge in [-0.15, -0.1) is 0 Å². The van der Waals surface area contributed by atoms with Crippen LogP contribution in [0.3, 0.4) is 0 Å². The molecule has 1 aliphatic heterocycles. The molecular formula is C17H19N4O4+. The third-order valence-electron chi connectivity index (χ3n) is 4.26. The predicted octanol–water partition coefficient (Wildman–Crippen LogP) is 1.38. The van der Waals surface area contributed by atoms with Crippen LogP contribution in [0.5, 0.6) is 5.75 Å². The largest absolute Gasteiger partial charge is 0.496 e. The predicted molar refractivity (Wildman–Crippen MR) is 90.8 cm³/mol. The molecular weight excluding hydrogens is 324 g/mol. The molecule has 0 saturated carbocycles. The standard InChI is InChI=1S/C17H18N4O4/c1-25-16-3-2-14(21(23)24)12-15(16)17(22)20-10-8-19(9-11-20)13-4-6-18-7-5-13/h2-7,12H,8-11H2,1H3/p+1. The first-order valence-electron chi connectivity index (χ1n) is 7.93. The fourth-order valence-corrected chi connectivity index (χ4v) is 2.90. The highest BCUT2D eigenvalue weighted by molar-refractivity contribution is 5.97. The van der Waals surface area contributed by atoms with Crippen LogP contribution in [0.4, 0.5) is 11.4 Å². The van der Waals surface area contributed by atoms with E-state index < -0.39 is 4.92 Å². The lowest BCUT2D eigenvalue weighted by Gasteiger charge is -2.36. The third kappa shape index (κ3) is 3.52. The van der Waals surface area contributed by atoms with Gasteiger partial charge >= 0.3 is 0 Å². The number of nitro groups is 1. The number of hydrogen-bond donors (Lipinski definition) is 0. The van der Waals surface area contributed by atoms with Gasteiger partial charge < -0.3 is 14.5 Å². The molecule has 0 spiro atoms. The summed E-state index contributed by atoms with van der Waals surface area (Å²) in [5, 5.41) is 11.0. The van der Waals surface area contributed by atoms with Gasteiger partial charge in [-0.05, 0) is 6.07 Å². The van der Waals surface area contributed by atoms with Crippen LogP contribution in [-0.4, -0.2) is 49.0 Å². The summed E-state index contributed by atoms with van der Waals surface area (Å²) in [6.07, 6.45) is 3.72. The molecule has 1 amide bonds. The topological polar surface area (TPSA) is 90.1 Å². The second-order valence-electron chi connectivity index (χ2n) is 5.68. The summed E-state index contributed by atoms with van der Waals surface area (Å²) in [6, 6.07) is 8.05. The molecule has 3 rings (SSSR count). The molecule has 0 unspecified atom stereocenters. The van der Waals surface area contributed by atoms with Crippen LogP contribution >= 0.6 is 0 Å². The van der Waals surface area contributed by atoms with Crippen molar-refractivity contribution in [1.82, 2.24) is 4.90 Å². The zero-order chi connectivity index (χ0) is 17.8. The number of carbonyl (C=O) groups excluding carboxylic acids is 1. The SMILES string of the molecule is COc1ccc([N+](=O)[O-])cc1C(=O)N1CCN(c2cc[nH+]cc2)CC1. The molecule has 1 fully saturated rings. The van der Waals surface area contributed by atoms with Crippen molar-refractivity contribution in [3.05, 3.63) is 58.4 Å². The number of pyridine rings is 1.